The van der Waals surface area contributed by atoms with Gasteiger partial charge in [-0.2, -0.15) is 8.42 Å². The van der Waals surface area contributed by atoms with Crippen molar-refractivity contribution in [2.75, 3.05) is 6.26 Å². The van der Waals surface area contributed by atoms with E-state index in [1.165, 1.54) is 0 Å². The van der Waals surface area contributed by atoms with Crippen LogP contribution in [0.3, 0.4) is 0 Å². The lowest BCUT2D eigenvalue weighted by molar-refractivity contribution is 0.490. The maximum atomic E-state index is 9.19. The highest BCUT2D eigenvalue weighted by Crippen LogP contribution is 2.08. The molecule has 1 aromatic rings. The van der Waals surface area contributed by atoms with Crippen molar-refractivity contribution in [1.29, 1.82) is 0 Å². The molecule has 86 valence electrons. The Bertz CT molecular complexity index is 369. The van der Waals surface area contributed by atoms with Gasteiger partial charge in [0.05, 0.1) is 6.26 Å². The van der Waals surface area contributed by atoms with Crippen molar-refractivity contribution in [3.05, 3.63) is 34.9 Å². The van der Waals surface area contributed by atoms with E-state index in [4.69, 9.17) is 22.0 Å². The highest BCUT2D eigenvalue weighted by molar-refractivity contribution is 7.85. The van der Waals surface area contributed by atoms with Crippen LogP contribution in [0.4, 0.5) is 0 Å². The Hall–Kier alpha value is -0.660. The number of nitrogens with one attached hydrogen (secondary N) is 1. The van der Waals surface area contributed by atoms with E-state index in [0.717, 1.165) is 10.6 Å². The molecule has 15 heavy (non-hydrogen) atoms. The molecule has 0 aliphatic rings. The Morgan fingerprint density at radius 1 is 1.40 bits per heavy atom. The van der Waals surface area contributed by atoms with Crippen molar-refractivity contribution in [1.82, 2.24) is 5.43 Å². The number of hydrogen-bond acceptors (Lipinski definition) is 4. The first-order valence-electron chi connectivity index (χ1n) is 3.93. The van der Waals surface area contributed by atoms with Gasteiger partial charge in [-0.1, -0.05) is 23.7 Å². The lowest BCUT2D eigenvalue weighted by Crippen LogP contribution is -2.20. The Balaban J connectivity index is 0.000000336. The summed E-state index contributed by atoms with van der Waals surface area (Å²) < 4.78 is 25.9. The Labute approximate surface area is 94.0 Å². The third-order valence-corrected chi connectivity index (χ3v) is 1.47. The number of hydrogen-bond donors (Lipinski definition) is 3. The quantitative estimate of drug-likeness (QED) is 0.412. The molecule has 0 amide bonds. The molecule has 5 nitrogen and oxygen atoms in total. The van der Waals surface area contributed by atoms with Crippen molar-refractivity contribution >= 4 is 21.7 Å². The Morgan fingerprint density at radius 2 is 1.80 bits per heavy atom. The zero-order valence-corrected chi connectivity index (χ0v) is 9.72. The van der Waals surface area contributed by atoms with Crippen LogP contribution in [0.25, 0.3) is 0 Å². The maximum Gasteiger partial charge on any atom is 0.261 e. The second-order valence-corrected chi connectivity index (χ2v) is 4.64. The zero-order chi connectivity index (χ0) is 11.9. The molecule has 0 saturated carbocycles. The summed E-state index contributed by atoms with van der Waals surface area (Å²) in [6, 6.07) is 7.55. The highest BCUT2D eigenvalue weighted by atomic mass is 35.5. The summed E-state index contributed by atoms with van der Waals surface area (Å²) in [6.07, 6.45) is 0.715. The summed E-state index contributed by atoms with van der Waals surface area (Å²) in [5.41, 5.74) is 3.69. The fourth-order valence-corrected chi connectivity index (χ4v) is 0.846. The molecule has 0 unspecified atom stereocenters. The predicted molar refractivity (Wildman–Crippen MR) is 60.0 cm³/mol. The molecule has 0 fully saturated rings. The highest BCUT2D eigenvalue weighted by Gasteiger charge is 1.88. The molecular formula is C8H13ClN2O3S. The average Bonchev–Trinajstić information content (AvgIpc) is 2.06. The minimum Gasteiger partial charge on any atom is -0.286 e. The van der Waals surface area contributed by atoms with E-state index in [9.17, 15) is 8.42 Å². The van der Waals surface area contributed by atoms with Gasteiger partial charge in [0, 0.05) is 11.6 Å². The van der Waals surface area contributed by atoms with Crippen molar-refractivity contribution in [3.8, 4) is 0 Å². The van der Waals surface area contributed by atoms with Gasteiger partial charge in [0.15, 0.2) is 0 Å². The van der Waals surface area contributed by atoms with E-state index in [1.807, 2.05) is 24.3 Å². The summed E-state index contributed by atoms with van der Waals surface area (Å²) in [6.45, 7) is 0.678. The molecule has 0 spiro atoms. The fourth-order valence-electron chi connectivity index (χ4n) is 0.720. The topological polar surface area (TPSA) is 92.4 Å². The Morgan fingerprint density at radius 3 is 2.13 bits per heavy atom. The molecule has 0 bridgehead atoms. The molecule has 0 saturated heterocycles. The van der Waals surface area contributed by atoms with Gasteiger partial charge in [-0.25, -0.2) is 0 Å². The Kier molecular flexibility index (Phi) is 6.46. The molecule has 1 aromatic carbocycles. The number of halogens is 1. The molecule has 0 radical (unpaired) electrons. The molecule has 0 aliphatic carbocycles. The molecule has 1 rings (SSSR count). The summed E-state index contributed by atoms with van der Waals surface area (Å²) in [4.78, 5) is 0. The van der Waals surface area contributed by atoms with Crippen LogP contribution in [-0.2, 0) is 16.7 Å². The van der Waals surface area contributed by atoms with E-state index in [0.29, 0.717) is 12.8 Å². The number of nitrogens with two attached hydrogens (primary N) is 1. The van der Waals surface area contributed by atoms with Gasteiger partial charge in [-0.05, 0) is 17.7 Å². The van der Waals surface area contributed by atoms with Crippen LogP contribution in [0.5, 0.6) is 0 Å². The van der Waals surface area contributed by atoms with E-state index < -0.39 is 10.1 Å². The molecule has 0 aromatic heterocycles. The first-order chi connectivity index (χ1) is 6.83. The first kappa shape index (κ1) is 14.3. The van der Waals surface area contributed by atoms with Crippen molar-refractivity contribution < 1.29 is 13.0 Å². The minimum absolute atomic E-state index is 0.678. The minimum atomic E-state index is -3.67. The van der Waals surface area contributed by atoms with Gasteiger partial charge in [0.1, 0.15) is 0 Å². The number of rotatable bonds is 2. The summed E-state index contributed by atoms with van der Waals surface area (Å²) in [5.74, 6) is 5.12. The van der Waals surface area contributed by atoms with E-state index in [2.05, 4.69) is 5.43 Å². The molecule has 0 aliphatic heterocycles. The SMILES string of the molecule is CS(=O)(=O)O.NNCc1ccc(Cl)cc1. The zero-order valence-electron chi connectivity index (χ0n) is 8.14. The van der Waals surface area contributed by atoms with Crippen LogP contribution in [0, 0.1) is 0 Å². The van der Waals surface area contributed by atoms with Gasteiger partial charge in [0.2, 0.25) is 0 Å². The fraction of sp³-hybridized carbons (Fsp3) is 0.250. The summed E-state index contributed by atoms with van der Waals surface area (Å²) in [5, 5.41) is 0.751. The van der Waals surface area contributed by atoms with Crippen LogP contribution >= 0.6 is 11.6 Å². The van der Waals surface area contributed by atoms with Crippen LogP contribution in [0.15, 0.2) is 24.3 Å². The maximum absolute atomic E-state index is 9.19. The monoisotopic (exact) mass is 252 g/mol. The summed E-state index contributed by atoms with van der Waals surface area (Å²) in [7, 11) is -3.67. The van der Waals surface area contributed by atoms with Crippen LogP contribution in [0.2, 0.25) is 5.02 Å². The summed E-state index contributed by atoms with van der Waals surface area (Å²) >= 11 is 5.66. The van der Waals surface area contributed by atoms with E-state index >= 15 is 0 Å². The van der Waals surface area contributed by atoms with Crippen LogP contribution in [0.1, 0.15) is 5.56 Å². The number of hydrazine groups is 1. The second-order valence-electron chi connectivity index (χ2n) is 2.74. The second kappa shape index (κ2) is 6.76. The van der Waals surface area contributed by atoms with Crippen molar-refractivity contribution in [2.45, 2.75) is 6.54 Å². The van der Waals surface area contributed by atoms with Gasteiger partial charge in [-0.15, -0.1) is 0 Å². The average molecular weight is 253 g/mol. The van der Waals surface area contributed by atoms with Crippen molar-refractivity contribution in [3.63, 3.8) is 0 Å². The molecule has 7 heteroatoms. The van der Waals surface area contributed by atoms with Crippen molar-refractivity contribution in [2.24, 2.45) is 5.84 Å². The lowest BCUT2D eigenvalue weighted by Gasteiger charge is -1.97. The smallest absolute Gasteiger partial charge is 0.261 e. The van der Waals surface area contributed by atoms with Crippen LogP contribution in [-0.4, -0.2) is 19.2 Å². The third-order valence-electron chi connectivity index (χ3n) is 1.22. The van der Waals surface area contributed by atoms with Gasteiger partial charge >= 0.3 is 0 Å². The van der Waals surface area contributed by atoms with Crippen LogP contribution < -0.4 is 11.3 Å². The lowest BCUT2D eigenvalue weighted by atomic mass is 10.2. The third kappa shape index (κ3) is 11.3. The van der Waals surface area contributed by atoms with Gasteiger partial charge < -0.3 is 0 Å². The molecule has 4 N–H and O–H groups in total. The largest absolute Gasteiger partial charge is 0.286 e. The molecule has 0 heterocycles. The normalized spacial score (nSPS) is 10.4. The number of benzene rings is 1. The predicted octanol–water partition coefficient (Wildman–Crippen LogP) is 0.807. The molecular weight excluding hydrogens is 240 g/mol. The van der Waals surface area contributed by atoms with E-state index in [1.54, 1.807) is 0 Å². The standard InChI is InChI=1S/C7H9ClN2.CH4O3S/c8-7-3-1-6(2-4-7)5-10-9;1-5(2,3)4/h1-4,10H,5,9H2;1H3,(H,2,3,4). The first-order valence-corrected chi connectivity index (χ1v) is 6.16. The van der Waals surface area contributed by atoms with E-state index in [-0.39, 0.29) is 0 Å². The molecule has 0 atom stereocenters. The van der Waals surface area contributed by atoms with Gasteiger partial charge in [-0.3, -0.25) is 15.8 Å². The van der Waals surface area contributed by atoms with Gasteiger partial charge in [0.25, 0.3) is 10.1 Å².